The van der Waals surface area contributed by atoms with E-state index in [0.717, 1.165) is 27.5 Å². The minimum Gasteiger partial charge on any atom is -0.366 e. The van der Waals surface area contributed by atoms with Gasteiger partial charge in [0.25, 0.3) is 5.91 Å². The molecule has 2 aromatic carbocycles. The van der Waals surface area contributed by atoms with Crippen molar-refractivity contribution in [2.75, 3.05) is 5.32 Å². The lowest BCUT2D eigenvalue weighted by atomic mass is 10.2. The van der Waals surface area contributed by atoms with E-state index >= 15 is 0 Å². The second kappa shape index (κ2) is 7.48. The largest absolute Gasteiger partial charge is 0.366 e. The Labute approximate surface area is 169 Å². The first-order valence-electron chi connectivity index (χ1n) is 8.84. The van der Waals surface area contributed by atoms with E-state index in [1.807, 2.05) is 41.9 Å². The van der Waals surface area contributed by atoms with Crippen LogP contribution in [0.2, 0.25) is 0 Å². The highest BCUT2D eigenvalue weighted by atomic mass is 32.1. The van der Waals surface area contributed by atoms with Crippen LogP contribution in [-0.2, 0) is 6.54 Å². The molecule has 0 fully saturated rings. The number of halogens is 1. The van der Waals surface area contributed by atoms with E-state index in [0.29, 0.717) is 11.4 Å². The Kier molecular flexibility index (Phi) is 4.85. The number of rotatable bonds is 5. The average molecular weight is 408 g/mol. The molecule has 0 aliphatic carbocycles. The molecule has 29 heavy (non-hydrogen) atoms. The van der Waals surface area contributed by atoms with Crippen LogP contribution in [0.5, 0.6) is 0 Å². The van der Waals surface area contributed by atoms with Gasteiger partial charge in [0.05, 0.1) is 22.8 Å². The maximum absolute atomic E-state index is 14.0. The summed E-state index contributed by atoms with van der Waals surface area (Å²) in [5.41, 5.74) is 7.17. The molecule has 3 N–H and O–H groups in total. The summed E-state index contributed by atoms with van der Waals surface area (Å²) in [7, 11) is 0. The van der Waals surface area contributed by atoms with Crippen LogP contribution in [0.15, 0.2) is 54.6 Å². The van der Waals surface area contributed by atoms with E-state index in [4.69, 9.17) is 5.73 Å². The molecule has 4 rings (SSSR count). The number of primary amides is 1. The number of thiophene rings is 1. The van der Waals surface area contributed by atoms with E-state index in [1.54, 1.807) is 6.07 Å². The van der Waals surface area contributed by atoms with E-state index in [1.165, 1.54) is 23.5 Å². The molecule has 0 spiro atoms. The van der Waals surface area contributed by atoms with Gasteiger partial charge in [-0.25, -0.2) is 4.39 Å². The number of fused-ring (bicyclic) bond motifs is 1. The van der Waals surface area contributed by atoms with Crippen LogP contribution in [-0.4, -0.2) is 21.6 Å². The summed E-state index contributed by atoms with van der Waals surface area (Å²) in [5, 5.41) is 7.96. The molecule has 4 aromatic rings. The Bertz CT molecular complexity index is 1230. The van der Waals surface area contributed by atoms with Gasteiger partial charge < -0.3 is 11.1 Å². The molecule has 8 heteroatoms. The second-order valence-corrected chi connectivity index (χ2v) is 7.60. The van der Waals surface area contributed by atoms with Crippen molar-refractivity contribution in [3.63, 3.8) is 0 Å². The van der Waals surface area contributed by atoms with Gasteiger partial charge in [0.2, 0.25) is 5.91 Å². The highest BCUT2D eigenvalue weighted by Crippen LogP contribution is 2.30. The third kappa shape index (κ3) is 3.74. The molecule has 2 heterocycles. The number of hydrogen-bond donors (Lipinski definition) is 2. The van der Waals surface area contributed by atoms with Crippen LogP contribution in [0.25, 0.3) is 10.2 Å². The number of hydrogen-bond acceptors (Lipinski definition) is 4. The molecule has 0 aliphatic rings. The van der Waals surface area contributed by atoms with Crippen molar-refractivity contribution in [1.29, 1.82) is 0 Å². The van der Waals surface area contributed by atoms with Gasteiger partial charge in [-0.3, -0.25) is 14.3 Å². The van der Waals surface area contributed by atoms with Gasteiger partial charge in [-0.15, -0.1) is 11.3 Å². The van der Waals surface area contributed by atoms with E-state index in [2.05, 4.69) is 10.4 Å². The summed E-state index contributed by atoms with van der Waals surface area (Å²) in [6.45, 7) is 2.47. The zero-order valence-electron chi connectivity index (χ0n) is 15.5. The van der Waals surface area contributed by atoms with Crippen LogP contribution in [0, 0.1) is 12.7 Å². The highest BCUT2D eigenvalue weighted by Gasteiger charge is 2.18. The van der Waals surface area contributed by atoms with E-state index < -0.39 is 17.6 Å². The van der Waals surface area contributed by atoms with Gasteiger partial charge in [-0.1, -0.05) is 30.3 Å². The monoisotopic (exact) mass is 408 g/mol. The first-order chi connectivity index (χ1) is 13.9. The van der Waals surface area contributed by atoms with Crippen molar-refractivity contribution in [1.82, 2.24) is 9.78 Å². The van der Waals surface area contributed by atoms with Gasteiger partial charge in [0, 0.05) is 10.9 Å². The van der Waals surface area contributed by atoms with Gasteiger partial charge in [-0.2, -0.15) is 5.10 Å². The number of nitrogens with one attached hydrogen (secondary N) is 1. The predicted octanol–water partition coefficient (Wildman–Crippen LogP) is 3.94. The maximum atomic E-state index is 14.0. The fourth-order valence-corrected chi connectivity index (χ4v) is 4.10. The summed E-state index contributed by atoms with van der Waals surface area (Å²) in [5.74, 6) is -1.80. The fraction of sp³-hybridized carbons (Fsp3) is 0.0952. The van der Waals surface area contributed by atoms with Crippen LogP contribution >= 0.6 is 11.3 Å². The molecule has 0 bridgehead atoms. The summed E-state index contributed by atoms with van der Waals surface area (Å²) in [4.78, 5) is 25.3. The van der Waals surface area contributed by atoms with Crippen molar-refractivity contribution in [3.8, 4) is 0 Å². The Morgan fingerprint density at radius 2 is 1.93 bits per heavy atom. The summed E-state index contributed by atoms with van der Waals surface area (Å²) in [6, 6.07) is 15.2. The van der Waals surface area contributed by atoms with Crippen LogP contribution in [0.1, 0.15) is 31.3 Å². The number of nitrogens with zero attached hydrogens (tertiary/aromatic N) is 2. The smallest absolute Gasteiger partial charge is 0.265 e. The van der Waals surface area contributed by atoms with Crippen molar-refractivity contribution in [2.45, 2.75) is 13.5 Å². The fourth-order valence-electron chi connectivity index (χ4n) is 3.05. The Hall–Kier alpha value is -3.52. The molecule has 0 radical (unpaired) electrons. The SMILES string of the molecule is Cc1nn(Cc2ccccc2)c2sc(C(=O)Nc3cc(C(N)=O)ccc3F)cc12. The van der Waals surface area contributed by atoms with Gasteiger partial charge in [0.1, 0.15) is 10.6 Å². The summed E-state index contributed by atoms with van der Waals surface area (Å²) in [6.07, 6.45) is 0. The maximum Gasteiger partial charge on any atom is 0.265 e. The minimum absolute atomic E-state index is 0.0913. The summed E-state index contributed by atoms with van der Waals surface area (Å²) >= 11 is 1.28. The summed E-state index contributed by atoms with van der Waals surface area (Å²) < 4.78 is 15.9. The lowest BCUT2D eigenvalue weighted by Crippen LogP contribution is -2.15. The van der Waals surface area contributed by atoms with Crippen LogP contribution in [0.3, 0.4) is 0 Å². The lowest BCUT2D eigenvalue weighted by molar-refractivity contribution is 0.0996. The van der Waals surface area contributed by atoms with Crippen LogP contribution < -0.4 is 11.1 Å². The first-order valence-corrected chi connectivity index (χ1v) is 9.65. The molecule has 146 valence electrons. The van der Waals surface area contributed by atoms with Crippen molar-refractivity contribution in [3.05, 3.63) is 82.1 Å². The Balaban J connectivity index is 1.63. The highest BCUT2D eigenvalue weighted by molar-refractivity contribution is 7.20. The van der Waals surface area contributed by atoms with Gasteiger partial charge in [-0.05, 0) is 36.8 Å². The van der Waals surface area contributed by atoms with Crippen LogP contribution in [0.4, 0.5) is 10.1 Å². The third-order valence-corrected chi connectivity index (χ3v) is 5.65. The van der Waals surface area contributed by atoms with Gasteiger partial charge >= 0.3 is 0 Å². The lowest BCUT2D eigenvalue weighted by Gasteiger charge is -2.06. The van der Waals surface area contributed by atoms with Gasteiger partial charge in [0.15, 0.2) is 0 Å². The van der Waals surface area contributed by atoms with Crippen molar-refractivity contribution in [2.24, 2.45) is 5.73 Å². The molecule has 0 saturated carbocycles. The number of nitrogens with two attached hydrogens (primary N) is 1. The molecule has 0 unspecified atom stereocenters. The standard InChI is InChI=1S/C21H17FN4O2S/c1-12-15-10-18(20(28)24-17-9-14(19(23)27)7-8-16(17)22)29-21(15)26(25-12)11-13-5-3-2-4-6-13/h2-10H,11H2,1H3,(H2,23,27)(H,24,28). The molecular formula is C21H17FN4O2S. The number of benzene rings is 2. The molecule has 2 amide bonds. The average Bonchev–Trinajstić information content (AvgIpc) is 3.26. The number of carbonyl (C=O) groups is 2. The minimum atomic E-state index is -0.695. The topological polar surface area (TPSA) is 90.0 Å². The normalized spacial score (nSPS) is 11.0. The Morgan fingerprint density at radius 1 is 1.17 bits per heavy atom. The molecule has 6 nitrogen and oxygen atoms in total. The molecular weight excluding hydrogens is 391 g/mol. The quantitative estimate of drug-likeness (QED) is 0.524. The zero-order chi connectivity index (χ0) is 20.5. The molecule has 0 aliphatic heterocycles. The first kappa shape index (κ1) is 18.8. The number of amides is 2. The molecule has 0 saturated heterocycles. The van der Waals surface area contributed by atoms with E-state index in [-0.39, 0.29) is 11.3 Å². The number of anilines is 1. The second-order valence-electron chi connectivity index (χ2n) is 6.57. The number of aromatic nitrogens is 2. The predicted molar refractivity (Wildman–Crippen MR) is 111 cm³/mol. The van der Waals surface area contributed by atoms with Crippen molar-refractivity contribution < 1.29 is 14.0 Å². The Morgan fingerprint density at radius 3 is 2.66 bits per heavy atom. The molecule has 0 atom stereocenters. The number of aryl methyl sites for hydroxylation is 1. The van der Waals surface area contributed by atoms with Crippen molar-refractivity contribution >= 4 is 39.1 Å². The third-order valence-electron chi connectivity index (χ3n) is 4.51. The van der Waals surface area contributed by atoms with E-state index in [9.17, 15) is 14.0 Å². The zero-order valence-corrected chi connectivity index (χ0v) is 16.3. The number of carbonyl (C=O) groups excluding carboxylic acids is 2. The molecule has 2 aromatic heterocycles.